The molecule has 0 radical (unpaired) electrons. The molecule has 112 valence electrons. The summed E-state index contributed by atoms with van der Waals surface area (Å²) in [6, 6.07) is 6.80. The fourth-order valence-corrected chi connectivity index (χ4v) is 2.90. The minimum atomic E-state index is 0.549. The van der Waals surface area contributed by atoms with Crippen LogP contribution >= 0.6 is 11.6 Å². The standard InChI is InChI=1S/C17H26ClNO/c1-3-13(2)14-7-8-17(16(18)12-14)20-11-9-15-6-4-5-10-19-15/h7-8,12-13,15,19H,3-6,9-11H2,1-2H3/t13-,15+/m0/s1. The smallest absolute Gasteiger partial charge is 0.137 e. The Morgan fingerprint density at radius 2 is 2.25 bits per heavy atom. The van der Waals surface area contributed by atoms with Crippen molar-refractivity contribution in [1.82, 2.24) is 5.32 Å². The molecule has 1 aliphatic heterocycles. The summed E-state index contributed by atoms with van der Waals surface area (Å²) in [5.41, 5.74) is 1.29. The van der Waals surface area contributed by atoms with Crippen LogP contribution in [-0.2, 0) is 0 Å². The second kappa shape index (κ2) is 7.90. The van der Waals surface area contributed by atoms with Crippen LogP contribution in [0.1, 0.15) is 57.4 Å². The van der Waals surface area contributed by atoms with Gasteiger partial charge in [-0.2, -0.15) is 0 Å². The third-order valence-electron chi connectivity index (χ3n) is 4.27. The van der Waals surface area contributed by atoms with Gasteiger partial charge in [0.05, 0.1) is 11.6 Å². The van der Waals surface area contributed by atoms with Crippen molar-refractivity contribution in [1.29, 1.82) is 0 Å². The average Bonchev–Trinajstić information content (AvgIpc) is 2.49. The van der Waals surface area contributed by atoms with Crippen molar-refractivity contribution in [3.63, 3.8) is 0 Å². The normalized spacial score (nSPS) is 20.6. The van der Waals surface area contributed by atoms with Gasteiger partial charge >= 0.3 is 0 Å². The van der Waals surface area contributed by atoms with Crippen LogP contribution in [0.2, 0.25) is 5.02 Å². The number of piperidine rings is 1. The van der Waals surface area contributed by atoms with Gasteiger partial charge in [0.25, 0.3) is 0 Å². The molecule has 0 aliphatic carbocycles. The molecule has 0 spiro atoms. The summed E-state index contributed by atoms with van der Waals surface area (Å²) in [7, 11) is 0. The number of halogens is 1. The maximum absolute atomic E-state index is 6.31. The number of nitrogens with one attached hydrogen (secondary N) is 1. The molecule has 0 aromatic heterocycles. The van der Waals surface area contributed by atoms with Gasteiger partial charge in [-0.3, -0.25) is 0 Å². The van der Waals surface area contributed by atoms with E-state index in [9.17, 15) is 0 Å². The van der Waals surface area contributed by atoms with E-state index < -0.39 is 0 Å². The molecule has 3 heteroatoms. The molecule has 0 bridgehead atoms. The third-order valence-corrected chi connectivity index (χ3v) is 4.57. The summed E-state index contributed by atoms with van der Waals surface area (Å²) in [5.74, 6) is 1.36. The zero-order valence-corrected chi connectivity index (χ0v) is 13.4. The molecule has 1 N–H and O–H groups in total. The minimum absolute atomic E-state index is 0.549. The first-order valence-electron chi connectivity index (χ1n) is 7.86. The van der Waals surface area contributed by atoms with E-state index in [0.29, 0.717) is 12.0 Å². The van der Waals surface area contributed by atoms with Crippen LogP contribution < -0.4 is 10.1 Å². The SMILES string of the molecule is CC[C@H](C)c1ccc(OCC[C@H]2CCCCN2)c(Cl)c1. The van der Waals surface area contributed by atoms with Crippen molar-refractivity contribution < 1.29 is 4.74 Å². The van der Waals surface area contributed by atoms with E-state index in [-0.39, 0.29) is 0 Å². The van der Waals surface area contributed by atoms with Gasteiger partial charge in [0.15, 0.2) is 0 Å². The molecule has 2 atom stereocenters. The van der Waals surface area contributed by atoms with Crippen LogP contribution in [0, 0.1) is 0 Å². The van der Waals surface area contributed by atoms with E-state index in [1.54, 1.807) is 0 Å². The molecule has 0 saturated carbocycles. The first-order chi connectivity index (χ1) is 9.70. The van der Waals surface area contributed by atoms with Crippen molar-refractivity contribution >= 4 is 11.6 Å². The summed E-state index contributed by atoms with van der Waals surface area (Å²) in [4.78, 5) is 0. The topological polar surface area (TPSA) is 21.3 Å². The first-order valence-corrected chi connectivity index (χ1v) is 8.24. The highest BCUT2D eigenvalue weighted by Crippen LogP contribution is 2.29. The second-order valence-electron chi connectivity index (χ2n) is 5.78. The zero-order valence-electron chi connectivity index (χ0n) is 12.6. The van der Waals surface area contributed by atoms with Gasteiger partial charge in [0.1, 0.15) is 5.75 Å². The highest BCUT2D eigenvalue weighted by atomic mass is 35.5. The highest BCUT2D eigenvalue weighted by molar-refractivity contribution is 6.32. The summed E-state index contributed by atoms with van der Waals surface area (Å²) in [5, 5.41) is 4.27. The third kappa shape index (κ3) is 4.39. The van der Waals surface area contributed by atoms with Gasteiger partial charge in [0, 0.05) is 6.04 Å². The van der Waals surface area contributed by atoms with E-state index in [1.165, 1.54) is 24.8 Å². The lowest BCUT2D eigenvalue weighted by atomic mass is 9.99. The largest absolute Gasteiger partial charge is 0.492 e. The molecule has 0 amide bonds. The van der Waals surface area contributed by atoms with Crippen LogP contribution in [0.4, 0.5) is 0 Å². The van der Waals surface area contributed by atoms with Gasteiger partial charge in [-0.25, -0.2) is 0 Å². The van der Waals surface area contributed by atoms with E-state index in [2.05, 4.69) is 25.2 Å². The lowest BCUT2D eigenvalue weighted by Crippen LogP contribution is -2.35. The number of rotatable bonds is 6. The maximum atomic E-state index is 6.31. The Balaban J connectivity index is 1.83. The molecule has 1 saturated heterocycles. The van der Waals surface area contributed by atoms with Crippen LogP contribution in [0.5, 0.6) is 5.75 Å². The number of benzene rings is 1. The van der Waals surface area contributed by atoms with Crippen molar-refractivity contribution in [2.75, 3.05) is 13.2 Å². The second-order valence-corrected chi connectivity index (χ2v) is 6.19. The van der Waals surface area contributed by atoms with Gasteiger partial charge in [-0.1, -0.05) is 37.9 Å². The Morgan fingerprint density at radius 1 is 1.40 bits per heavy atom. The molecule has 1 aromatic carbocycles. The Morgan fingerprint density at radius 3 is 2.90 bits per heavy atom. The molecule has 1 aromatic rings. The highest BCUT2D eigenvalue weighted by Gasteiger charge is 2.13. The number of hydrogen-bond donors (Lipinski definition) is 1. The lowest BCUT2D eigenvalue weighted by molar-refractivity contribution is 0.268. The van der Waals surface area contributed by atoms with Crippen LogP contribution in [0.25, 0.3) is 0 Å². The predicted molar refractivity (Wildman–Crippen MR) is 85.9 cm³/mol. The maximum Gasteiger partial charge on any atom is 0.137 e. The van der Waals surface area contributed by atoms with E-state index >= 15 is 0 Å². The van der Waals surface area contributed by atoms with Crippen LogP contribution in [0.3, 0.4) is 0 Å². The monoisotopic (exact) mass is 295 g/mol. The van der Waals surface area contributed by atoms with Crippen LogP contribution in [0.15, 0.2) is 18.2 Å². The van der Waals surface area contributed by atoms with Crippen molar-refractivity contribution in [2.45, 2.75) is 57.9 Å². The quantitative estimate of drug-likeness (QED) is 0.816. The fraction of sp³-hybridized carbons (Fsp3) is 0.647. The summed E-state index contributed by atoms with van der Waals surface area (Å²) in [6.45, 7) is 6.30. The molecule has 20 heavy (non-hydrogen) atoms. The van der Waals surface area contributed by atoms with Gasteiger partial charge in [0.2, 0.25) is 0 Å². The van der Waals surface area contributed by atoms with Gasteiger partial charge in [-0.05, 0) is 55.8 Å². The van der Waals surface area contributed by atoms with E-state index in [1.807, 2.05) is 12.1 Å². The Bertz CT molecular complexity index is 415. The van der Waals surface area contributed by atoms with Crippen molar-refractivity contribution in [3.05, 3.63) is 28.8 Å². The Hall–Kier alpha value is -0.730. The van der Waals surface area contributed by atoms with Gasteiger partial charge < -0.3 is 10.1 Å². The molecule has 1 fully saturated rings. The minimum Gasteiger partial charge on any atom is -0.492 e. The molecule has 1 heterocycles. The predicted octanol–water partition coefficient (Wildman–Crippen LogP) is 4.76. The van der Waals surface area contributed by atoms with E-state index in [4.69, 9.17) is 16.3 Å². The summed E-state index contributed by atoms with van der Waals surface area (Å²) >= 11 is 6.31. The molecule has 0 unspecified atom stereocenters. The Labute approximate surface area is 127 Å². The number of hydrogen-bond acceptors (Lipinski definition) is 2. The first kappa shape index (κ1) is 15.7. The Kier molecular flexibility index (Phi) is 6.18. The molecule has 1 aliphatic rings. The average molecular weight is 296 g/mol. The molecule has 2 rings (SSSR count). The summed E-state index contributed by atoms with van der Waals surface area (Å²) < 4.78 is 5.84. The fourth-order valence-electron chi connectivity index (χ4n) is 2.66. The molecule has 2 nitrogen and oxygen atoms in total. The molecular formula is C17H26ClNO. The number of ether oxygens (including phenoxy) is 1. The molecular weight excluding hydrogens is 270 g/mol. The van der Waals surface area contributed by atoms with Crippen molar-refractivity contribution in [3.8, 4) is 5.75 Å². The van der Waals surface area contributed by atoms with Crippen molar-refractivity contribution in [2.24, 2.45) is 0 Å². The lowest BCUT2D eigenvalue weighted by Gasteiger charge is -2.23. The zero-order chi connectivity index (χ0) is 14.4. The van der Waals surface area contributed by atoms with Crippen LogP contribution in [-0.4, -0.2) is 19.2 Å². The van der Waals surface area contributed by atoms with E-state index in [0.717, 1.165) is 36.8 Å². The van der Waals surface area contributed by atoms with Gasteiger partial charge in [-0.15, -0.1) is 0 Å². The summed E-state index contributed by atoms with van der Waals surface area (Å²) in [6.07, 6.45) is 6.10.